The number of sulfone groups is 2. The van der Waals surface area contributed by atoms with Gasteiger partial charge in [0.25, 0.3) is 20.2 Å². The summed E-state index contributed by atoms with van der Waals surface area (Å²) in [6, 6.07) is 11.9. The highest BCUT2D eigenvalue weighted by molar-refractivity contribution is 7.91. The van der Waals surface area contributed by atoms with Crippen molar-refractivity contribution in [3.05, 3.63) is 72.8 Å². The molecule has 0 radical (unpaired) electrons. The lowest BCUT2D eigenvalue weighted by Gasteiger charge is -2.10. The Morgan fingerprint density at radius 2 is 0.833 bits per heavy atom. The molecule has 0 aliphatic rings. The Morgan fingerprint density at radius 1 is 0.450 bits per heavy atom. The molecule has 32 heteroatoms. The number of anilines is 2. The average Bonchev–Trinajstić information content (AvgIpc) is 3.12. The topological polar surface area (TPSA) is 430 Å². The van der Waals surface area contributed by atoms with Crippen molar-refractivity contribution in [2.45, 2.75) is 19.6 Å². The van der Waals surface area contributed by atoms with Gasteiger partial charge in [-0.2, -0.15) is 43.9 Å². The predicted octanol–water partition coefficient (Wildman–Crippen LogP) is 3.78. The molecule has 0 bridgehead atoms. The molecule has 0 saturated heterocycles. The van der Waals surface area contributed by atoms with Crippen LogP contribution < -0.4 is 11.5 Å². The van der Waals surface area contributed by atoms with Crippen LogP contribution in [0.1, 0.15) is 0 Å². The zero-order valence-corrected chi connectivity index (χ0v) is 34.4. The molecule has 324 valence electrons. The zero-order valence-electron chi connectivity index (χ0n) is 29.5. The minimum absolute atomic E-state index is 0.00475. The summed E-state index contributed by atoms with van der Waals surface area (Å²) in [4.78, 5) is -2.38. The van der Waals surface area contributed by atoms with E-state index in [0.717, 1.165) is 30.3 Å². The molecule has 8 N–H and O–H groups in total. The molecule has 0 heterocycles. The molecule has 4 aromatic rings. The van der Waals surface area contributed by atoms with Gasteiger partial charge in [-0.1, -0.05) is 0 Å². The highest BCUT2D eigenvalue weighted by Gasteiger charge is 2.22. The molecule has 0 unspecified atom stereocenters. The molecule has 4 aromatic carbocycles. The summed E-state index contributed by atoms with van der Waals surface area (Å²) in [5.74, 6) is -1.65. The van der Waals surface area contributed by atoms with Crippen LogP contribution in [-0.4, -0.2) is 93.4 Å². The van der Waals surface area contributed by atoms with Crippen LogP contribution in [0.5, 0.6) is 0 Å². The number of rotatable bonds is 18. The minimum Gasteiger partial charge on any atom is -0.395 e. The number of nitrogens with zero attached hydrogens (tertiary/aromatic N) is 6. The lowest BCUT2D eigenvalue weighted by Crippen LogP contribution is -2.15. The summed E-state index contributed by atoms with van der Waals surface area (Å²) in [7, 11) is -28.0. The summed E-state index contributed by atoms with van der Waals surface area (Å²) < 4.78 is 185. The van der Waals surface area contributed by atoms with Gasteiger partial charge in [0.05, 0.1) is 62.2 Å². The number of azo groups is 3. The van der Waals surface area contributed by atoms with Crippen molar-refractivity contribution < 1.29 is 77.1 Å². The van der Waals surface area contributed by atoms with E-state index >= 15 is 0 Å². The number of nitrogen functional groups attached to an aromatic ring is 2. The van der Waals surface area contributed by atoms with Gasteiger partial charge in [-0.15, -0.1) is 20.5 Å². The third-order valence-electron chi connectivity index (χ3n) is 7.21. The van der Waals surface area contributed by atoms with Crippen molar-refractivity contribution in [1.29, 1.82) is 0 Å². The van der Waals surface area contributed by atoms with E-state index in [4.69, 9.17) is 20.6 Å². The maximum Gasteiger partial charge on any atom is 0.397 e. The van der Waals surface area contributed by atoms with Gasteiger partial charge in [0, 0.05) is 0 Å². The van der Waals surface area contributed by atoms with E-state index in [-0.39, 0.29) is 32.5 Å². The van der Waals surface area contributed by atoms with Crippen molar-refractivity contribution in [1.82, 2.24) is 0 Å². The molecule has 0 aliphatic heterocycles. The Labute approximate surface area is 340 Å². The summed E-state index contributed by atoms with van der Waals surface area (Å²) in [6.07, 6.45) is 0. The lowest BCUT2D eigenvalue weighted by atomic mass is 10.2. The van der Waals surface area contributed by atoms with E-state index in [1.165, 1.54) is 24.3 Å². The van der Waals surface area contributed by atoms with Gasteiger partial charge < -0.3 is 11.5 Å². The van der Waals surface area contributed by atoms with E-state index in [0.29, 0.717) is 18.2 Å². The molecule has 0 atom stereocenters. The highest BCUT2D eigenvalue weighted by atomic mass is 32.3. The second-order valence-corrected chi connectivity index (χ2v) is 20.6. The SMILES string of the molecule is Nc1c(/N=N/c2ccc(S(=O)(=O)CCOS(=O)(=O)O)cc2)cc(/N=N/c2cc(S(=O)(=O)O)ccc2S(=O)(=O)O)c(N)c1/N=N/c1ccc(S(=O)(=O)CCOS(=O)(=O)O)cc1. The summed E-state index contributed by atoms with van der Waals surface area (Å²) >= 11 is 0. The lowest BCUT2D eigenvalue weighted by molar-refractivity contribution is 0.282. The van der Waals surface area contributed by atoms with Gasteiger partial charge in [0.1, 0.15) is 27.6 Å². The van der Waals surface area contributed by atoms with Gasteiger partial charge in [-0.3, -0.25) is 18.2 Å². The highest BCUT2D eigenvalue weighted by Crippen LogP contribution is 2.45. The van der Waals surface area contributed by atoms with E-state index < -0.39 is 118 Å². The Bertz CT molecular complexity index is 3070. The van der Waals surface area contributed by atoms with Crippen molar-refractivity contribution in [2.75, 3.05) is 36.2 Å². The molecule has 0 aromatic heterocycles. The number of hydrogen-bond acceptors (Lipinski definition) is 22. The van der Waals surface area contributed by atoms with Crippen molar-refractivity contribution in [2.24, 2.45) is 30.7 Å². The van der Waals surface area contributed by atoms with Crippen LogP contribution in [0.3, 0.4) is 0 Å². The third kappa shape index (κ3) is 13.4. The molecule has 60 heavy (non-hydrogen) atoms. The number of hydrogen-bond donors (Lipinski definition) is 6. The normalized spacial score (nSPS) is 13.5. The van der Waals surface area contributed by atoms with Crippen LogP contribution in [0.15, 0.2) is 123 Å². The van der Waals surface area contributed by atoms with Crippen LogP contribution in [0.2, 0.25) is 0 Å². The van der Waals surface area contributed by atoms with Crippen molar-refractivity contribution in [3.8, 4) is 0 Å². The van der Waals surface area contributed by atoms with E-state index in [1.54, 1.807) is 0 Å². The molecule has 0 saturated carbocycles. The fourth-order valence-corrected chi connectivity index (χ4v) is 8.48. The summed E-state index contributed by atoms with van der Waals surface area (Å²) in [5, 5.41) is 23.4. The third-order valence-corrected chi connectivity index (χ3v) is 13.3. The predicted molar refractivity (Wildman–Crippen MR) is 206 cm³/mol. The van der Waals surface area contributed by atoms with Crippen LogP contribution in [0.4, 0.5) is 45.5 Å². The van der Waals surface area contributed by atoms with Gasteiger partial charge in [-0.25, -0.2) is 25.2 Å². The molecule has 0 fully saturated rings. The number of benzene rings is 4. The zero-order chi connectivity index (χ0) is 44.9. The molecule has 0 aliphatic carbocycles. The first kappa shape index (κ1) is 47.4. The van der Waals surface area contributed by atoms with E-state index in [1.807, 2.05) is 0 Å². The summed E-state index contributed by atoms with van der Waals surface area (Å²) in [6.45, 7) is -1.77. The molecule has 26 nitrogen and oxygen atoms in total. The molecular weight excluding hydrogens is 929 g/mol. The van der Waals surface area contributed by atoms with Crippen LogP contribution >= 0.6 is 0 Å². The maximum atomic E-state index is 12.5. The van der Waals surface area contributed by atoms with Gasteiger partial charge >= 0.3 is 20.8 Å². The Balaban J connectivity index is 1.76. The largest absolute Gasteiger partial charge is 0.397 e. The van der Waals surface area contributed by atoms with Crippen LogP contribution in [0.25, 0.3) is 0 Å². The monoisotopic (exact) mass is 956 g/mol. The molecule has 4 rings (SSSR count). The van der Waals surface area contributed by atoms with Crippen molar-refractivity contribution in [3.63, 3.8) is 0 Å². The van der Waals surface area contributed by atoms with Gasteiger partial charge in [0.2, 0.25) is 0 Å². The van der Waals surface area contributed by atoms with Gasteiger partial charge in [0.15, 0.2) is 19.7 Å². The first-order valence-electron chi connectivity index (χ1n) is 15.5. The number of nitrogens with two attached hydrogens (primary N) is 2. The second-order valence-electron chi connectivity index (χ2n) is 11.4. The van der Waals surface area contributed by atoms with Gasteiger partial charge in [-0.05, 0) is 72.8 Å². The fourth-order valence-electron chi connectivity index (χ4n) is 4.40. The van der Waals surface area contributed by atoms with Crippen molar-refractivity contribution >= 4 is 106 Å². The fraction of sp³-hybridized carbons (Fsp3) is 0.143. The maximum absolute atomic E-state index is 12.5. The van der Waals surface area contributed by atoms with E-state index in [2.05, 4.69) is 39.1 Å². The average molecular weight is 957 g/mol. The Hall–Kier alpha value is -5.26. The first-order chi connectivity index (χ1) is 27.6. The Kier molecular flexibility index (Phi) is 14.3. The van der Waals surface area contributed by atoms with Crippen LogP contribution in [0, 0.1) is 0 Å². The summed E-state index contributed by atoms with van der Waals surface area (Å²) in [5.41, 5.74) is 9.87. The standard InChI is InChI=1S/C28H28N8O18S6/c29-26-23(34-31-17-1-5-19(6-2-17)55(37,38)13-11-53-59(47,48)49)16-24(35-33-22-15-21(57(41,42)43)9-10-25(22)58(44,45)46)27(30)28(26)36-32-18-3-7-20(8-4-18)56(39,40)14-12-54-60(50,51)52/h1-10,15-16H,11-14,29-30H2,(H,41,42,43)(H,44,45,46)(H,47,48,49)(H,50,51,52)/b34-31+,35-33+,36-32+. The molecule has 0 amide bonds. The molecular formula is C28H28N8O18S6. The Morgan fingerprint density at radius 3 is 1.23 bits per heavy atom. The second kappa shape index (κ2) is 18.2. The van der Waals surface area contributed by atoms with E-state index in [9.17, 15) is 59.6 Å². The minimum atomic E-state index is -5.06. The smallest absolute Gasteiger partial charge is 0.395 e. The van der Waals surface area contributed by atoms with Crippen LogP contribution in [-0.2, 0) is 69.1 Å². The quantitative estimate of drug-likeness (QED) is 0.0469. The molecule has 0 spiro atoms. The first-order valence-corrected chi connectivity index (χ1v) is 24.4.